The SMILES string of the molecule is CCCSc1ccc(N)c(NC(=O)OCC)c1. The molecule has 0 aliphatic carbocycles. The van der Waals surface area contributed by atoms with Crippen LogP contribution in [0.3, 0.4) is 0 Å². The van der Waals surface area contributed by atoms with Gasteiger partial charge in [-0.1, -0.05) is 6.92 Å². The lowest BCUT2D eigenvalue weighted by atomic mass is 10.3. The van der Waals surface area contributed by atoms with Crippen LogP contribution in [0.4, 0.5) is 16.2 Å². The first kappa shape index (κ1) is 13.7. The molecule has 17 heavy (non-hydrogen) atoms. The first-order valence-corrected chi connectivity index (χ1v) is 6.62. The van der Waals surface area contributed by atoms with Gasteiger partial charge in [0.25, 0.3) is 0 Å². The summed E-state index contributed by atoms with van der Waals surface area (Å²) in [6.45, 7) is 4.23. The number of hydrogen-bond donors (Lipinski definition) is 2. The molecule has 0 saturated carbocycles. The quantitative estimate of drug-likeness (QED) is 0.625. The van der Waals surface area contributed by atoms with E-state index in [-0.39, 0.29) is 0 Å². The Kier molecular flexibility index (Phi) is 5.69. The van der Waals surface area contributed by atoms with E-state index >= 15 is 0 Å². The summed E-state index contributed by atoms with van der Waals surface area (Å²) in [6, 6.07) is 5.61. The fourth-order valence-corrected chi connectivity index (χ4v) is 2.04. The Hall–Kier alpha value is -1.36. The van der Waals surface area contributed by atoms with Gasteiger partial charge in [0, 0.05) is 4.90 Å². The first-order valence-electron chi connectivity index (χ1n) is 5.63. The zero-order chi connectivity index (χ0) is 12.7. The third-order valence-electron chi connectivity index (χ3n) is 2.01. The summed E-state index contributed by atoms with van der Waals surface area (Å²) in [6.07, 6.45) is 0.632. The molecule has 0 aliphatic heterocycles. The van der Waals surface area contributed by atoms with Crippen molar-refractivity contribution in [1.82, 2.24) is 0 Å². The van der Waals surface area contributed by atoms with Crippen molar-refractivity contribution in [2.75, 3.05) is 23.4 Å². The van der Waals surface area contributed by atoms with Crippen molar-refractivity contribution in [3.63, 3.8) is 0 Å². The van der Waals surface area contributed by atoms with Gasteiger partial charge in [-0.3, -0.25) is 5.32 Å². The monoisotopic (exact) mass is 254 g/mol. The largest absolute Gasteiger partial charge is 0.450 e. The molecule has 1 aromatic carbocycles. The van der Waals surface area contributed by atoms with E-state index in [2.05, 4.69) is 12.2 Å². The van der Waals surface area contributed by atoms with Gasteiger partial charge in [-0.2, -0.15) is 0 Å². The molecule has 0 bridgehead atoms. The van der Waals surface area contributed by atoms with E-state index in [0.29, 0.717) is 18.0 Å². The molecule has 0 fully saturated rings. The molecule has 0 atom stereocenters. The molecule has 5 heteroatoms. The zero-order valence-corrected chi connectivity index (χ0v) is 11.0. The fourth-order valence-electron chi connectivity index (χ4n) is 1.23. The minimum atomic E-state index is -0.475. The van der Waals surface area contributed by atoms with E-state index in [1.807, 2.05) is 12.1 Å². The fraction of sp³-hybridized carbons (Fsp3) is 0.417. The number of hydrogen-bond acceptors (Lipinski definition) is 4. The predicted molar refractivity (Wildman–Crippen MR) is 72.5 cm³/mol. The molecule has 1 aromatic rings. The molecule has 94 valence electrons. The smallest absolute Gasteiger partial charge is 0.411 e. The standard InChI is InChI=1S/C12H18N2O2S/c1-3-7-17-9-5-6-10(13)11(8-9)14-12(15)16-4-2/h5-6,8H,3-4,7,13H2,1-2H3,(H,14,15). The number of nitrogens with one attached hydrogen (secondary N) is 1. The van der Waals surface area contributed by atoms with Gasteiger partial charge in [-0.05, 0) is 37.3 Å². The van der Waals surface area contributed by atoms with E-state index in [1.165, 1.54) is 0 Å². The second-order valence-corrected chi connectivity index (χ2v) is 4.61. The molecule has 3 N–H and O–H groups in total. The minimum absolute atomic E-state index is 0.343. The van der Waals surface area contributed by atoms with Crippen LogP contribution in [-0.2, 0) is 4.74 Å². The van der Waals surface area contributed by atoms with Crippen LogP contribution in [0.5, 0.6) is 0 Å². The molecule has 1 amide bonds. The summed E-state index contributed by atoms with van der Waals surface area (Å²) in [5, 5.41) is 2.63. The predicted octanol–water partition coefficient (Wildman–Crippen LogP) is 3.34. The number of rotatable bonds is 5. The molecule has 0 aliphatic rings. The van der Waals surface area contributed by atoms with E-state index in [4.69, 9.17) is 10.5 Å². The van der Waals surface area contributed by atoms with Gasteiger partial charge in [0.15, 0.2) is 0 Å². The number of benzene rings is 1. The van der Waals surface area contributed by atoms with Gasteiger partial charge in [0.1, 0.15) is 0 Å². The molecule has 0 aromatic heterocycles. The lowest BCUT2D eigenvalue weighted by Gasteiger charge is -2.09. The van der Waals surface area contributed by atoms with Crippen molar-refractivity contribution in [1.29, 1.82) is 0 Å². The zero-order valence-electron chi connectivity index (χ0n) is 10.2. The number of carbonyl (C=O) groups is 1. The van der Waals surface area contributed by atoms with Crippen LogP contribution >= 0.6 is 11.8 Å². The Balaban J connectivity index is 2.72. The van der Waals surface area contributed by atoms with Crippen molar-refractivity contribution in [3.05, 3.63) is 18.2 Å². The van der Waals surface area contributed by atoms with Crippen molar-refractivity contribution < 1.29 is 9.53 Å². The molecule has 1 rings (SSSR count). The summed E-state index contributed by atoms with van der Waals surface area (Å²) >= 11 is 1.74. The van der Waals surface area contributed by atoms with Gasteiger partial charge >= 0.3 is 6.09 Å². The molecule has 0 radical (unpaired) electrons. The first-order chi connectivity index (χ1) is 8.17. The highest BCUT2D eigenvalue weighted by molar-refractivity contribution is 7.99. The average molecular weight is 254 g/mol. The van der Waals surface area contributed by atoms with Gasteiger partial charge in [0.2, 0.25) is 0 Å². The Morgan fingerprint density at radius 2 is 2.24 bits per heavy atom. The van der Waals surface area contributed by atoms with Gasteiger partial charge in [-0.15, -0.1) is 11.8 Å². The third kappa shape index (κ3) is 4.56. The van der Waals surface area contributed by atoms with Gasteiger partial charge in [0.05, 0.1) is 18.0 Å². The highest BCUT2D eigenvalue weighted by Crippen LogP contribution is 2.27. The number of nitrogen functional groups attached to an aromatic ring is 1. The van der Waals surface area contributed by atoms with Crippen molar-refractivity contribution in [2.24, 2.45) is 0 Å². The molecular formula is C12H18N2O2S. The average Bonchev–Trinajstić information content (AvgIpc) is 2.30. The van der Waals surface area contributed by atoms with Crippen LogP contribution in [0.1, 0.15) is 20.3 Å². The number of anilines is 2. The van der Waals surface area contributed by atoms with Crippen molar-refractivity contribution >= 4 is 29.2 Å². The molecule has 0 unspecified atom stereocenters. The highest BCUT2D eigenvalue weighted by Gasteiger charge is 2.06. The van der Waals surface area contributed by atoms with Gasteiger partial charge in [-0.25, -0.2) is 4.79 Å². The van der Waals surface area contributed by atoms with Crippen LogP contribution in [0.2, 0.25) is 0 Å². The summed E-state index contributed by atoms with van der Waals surface area (Å²) in [4.78, 5) is 12.4. The Labute approximate surface area is 106 Å². The van der Waals surface area contributed by atoms with Crippen LogP contribution in [-0.4, -0.2) is 18.5 Å². The Morgan fingerprint density at radius 1 is 1.47 bits per heavy atom. The summed E-state index contributed by atoms with van der Waals surface area (Å²) in [5.74, 6) is 1.04. The molecular weight excluding hydrogens is 236 g/mol. The number of nitrogens with two attached hydrogens (primary N) is 1. The lowest BCUT2D eigenvalue weighted by molar-refractivity contribution is 0.168. The number of carbonyl (C=O) groups excluding carboxylic acids is 1. The van der Waals surface area contributed by atoms with E-state index in [0.717, 1.165) is 17.1 Å². The summed E-state index contributed by atoms with van der Waals surface area (Å²) < 4.78 is 4.81. The second kappa shape index (κ2) is 7.06. The third-order valence-corrected chi connectivity index (χ3v) is 3.21. The minimum Gasteiger partial charge on any atom is -0.450 e. The second-order valence-electron chi connectivity index (χ2n) is 3.44. The normalized spacial score (nSPS) is 10.0. The number of ether oxygens (including phenoxy) is 1. The number of thioether (sulfide) groups is 1. The summed E-state index contributed by atoms with van der Waals surface area (Å²) in [5.41, 5.74) is 6.93. The Bertz CT molecular complexity index is 383. The topological polar surface area (TPSA) is 64.3 Å². The van der Waals surface area contributed by atoms with Gasteiger partial charge < -0.3 is 10.5 Å². The maximum atomic E-state index is 11.3. The van der Waals surface area contributed by atoms with Crippen molar-refractivity contribution in [2.45, 2.75) is 25.2 Å². The molecule has 0 heterocycles. The lowest BCUT2D eigenvalue weighted by Crippen LogP contribution is -2.14. The van der Waals surface area contributed by atoms with Crippen LogP contribution in [0, 0.1) is 0 Å². The van der Waals surface area contributed by atoms with Crippen LogP contribution in [0.15, 0.2) is 23.1 Å². The van der Waals surface area contributed by atoms with Crippen molar-refractivity contribution in [3.8, 4) is 0 Å². The van der Waals surface area contributed by atoms with E-state index in [9.17, 15) is 4.79 Å². The molecule has 0 saturated heterocycles. The molecule has 0 spiro atoms. The van der Waals surface area contributed by atoms with Crippen LogP contribution < -0.4 is 11.1 Å². The van der Waals surface area contributed by atoms with Crippen LogP contribution in [0.25, 0.3) is 0 Å². The van der Waals surface area contributed by atoms with E-state index < -0.39 is 6.09 Å². The highest BCUT2D eigenvalue weighted by atomic mass is 32.2. The Morgan fingerprint density at radius 3 is 2.88 bits per heavy atom. The maximum absolute atomic E-state index is 11.3. The number of amides is 1. The molecule has 4 nitrogen and oxygen atoms in total. The summed E-state index contributed by atoms with van der Waals surface area (Å²) in [7, 11) is 0. The maximum Gasteiger partial charge on any atom is 0.411 e. The van der Waals surface area contributed by atoms with E-state index in [1.54, 1.807) is 24.8 Å².